The number of benzene rings is 1. The number of thiocarbonyl (C=S) groups is 1. The fourth-order valence-electron chi connectivity index (χ4n) is 1.73. The number of halogens is 1. The van der Waals surface area contributed by atoms with Gasteiger partial charge in [0.15, 0.2) is 5.11 Å². The minimum absolute atomic E-state index is 0.180. The number of hydrogen-bond acceptors (Lipinski definition) is 4. The third-order valence-electron chi connectivity index (χ3n) is 2.78. The van der Waals surface area contributed by atoms with Gasteiger partial charge >= 0.3 is 0 Å². The predicted octanol–water partition coefficient (Wildman–Crippen LogP) is 3.65. The monoisotopic (exact) mass is 349 g/mol. The lowest BCUT2D eigenvalue weighted by molar-refractivity contribution is 0.0977. The largest absolute Gasteiger partial charge is 0.494 e. The number of carbonyl (C=O) groups is 1. The normalized spacial score (nSPS) is 10.0. The van der Waals surface area contributed by atoms with E-state index in [1.165, 1.54) is 6.20 Å². The molecule has 0 fully saturated rings. The van der Waals surface area contributed by atoms with Gasteiger partial charge in [-0.25, -0.2) is 4.98 Å². The van der Waals surface area contributed by atoms with Gasteiger partial charge in [-0.15, -0.1) is 0 Å². The maximum atomic E-state index is 12.2. The Kier molecular flexibility index (Phi) is 6.31. The molecule has 1 amide bonds. The summed E-state index contributed by atoms with van der Waals surface area (Å²) in [7, 11) is 0. The molecule has 0 aliphatic carbocycles. The first-order valence-corrected chi connectivity index (χ1v) is 7.84. The summed E-state index contributed by atoms with van der Waals surface area (Å²) in [5.74, 6) is 0.339. The summed E-state index contributed by atoms with van der Waals surface area (Å²) in [5.41, 5.74) is 1.11. The summed E-state index contributed by atoms with van der Waals surface area (Å²) in [5, 5.41) is 6.04. The maximum Gasteiger partial charge on any atom is 0.257 e. The Morgan fingerprint density at radius 1 is 1.35 bits per heavy atom. The van der Waals surface area contributed by atoms with E-state index in [0.29, 0.717) is 28.8 Å². The number of amides is 1. The Bertz CT molecular complexity index is 692. The highest BCUT2D eigenvalue weighted by atomic mass is 35.5. The third kappa shape index (κ3) is 5.50. The van der Waals surface area contributed by atoms with Crippen LogP contribution < -0.4 is 15.4 Å². The highest BCUT2D eigenvalue weighted by Crippen LogP contribution is 2.14. The SMILES string of the molecule is CCCOc1cccc(C(=O)NC(=S)Nc2ccc(Cl)nc2)c1. The van der Waals surface area contributed by atoms with Gasteiger partial charge in [0.05, 0.1) is 18.5 Å². The van der Waals surface area contributed by atoms with Gasteiger partial charge in [0.2, 0.25) is 0 Å². The molecule has 0 bridgehead atoms. The quantitative estimate of drug-likeness (QED) is 0.637. The lowest BCUT2D eigenvalue weighted by Gasteiger charge is -2.10. The third-order valence-corrected chi connectivity index (χ3v) is 3.21. The van der Waals surface area contributed by atoms with Crippen LogP contribution >= 0.6 is 23.8 Å². The first kappa shape index (κ1) is 17.2. The summed E-state index contributed by atoms with van der Waals surface area (Å²) < 4.78 is 5.51. The van der Waals surface area contributed by atoms with Gasteiger partial charge in [-0.05, 0) is 49.0 Å². The molecule has 0 aliphatic rings. The molecular formula is C16H16ClN3O2S. The van der Waals surface area contributed by atoms with Crippen molar-refractivity contribution in [1.82, 2.24) is 10.3 Å². The number of carbonyl (C=O) groups excluding carboxylic acids is 1. The maximum absolute atomic E-state index is 12.2. The minimum Gasteiger partial charge on any atom is -0.494 e. The summed E-state index contributed by atoms with van der Waals surface area (Å²) >= 11 is 10.8. The smallest absolute Gasteiger partial charge is 0.257 e. The second-order valence-corrected chi connectivity index (χ2v) is 5.45. The first-order chi connectivity index (χ1) is 11.1. The highest BCUT2D eigenvalue weighted by molar-refractivity contribution is 7.80. The van der Waals surface area contributed by atoms with E-state index in [1.54, 1.807) is 30.3 Å². The Hall–Kier alpha value is -2.18. The van der Waals surface area contributed by atoms with Crippen LogP contribution in [0, 0.1) is 0 Å². The molecule has 1 aromatic carbocycles. The van der Waals surface area contributed by atoms with E-state index < -0.39 is 0 Å². The summed E-state index contributed by atoms with van der Waals surface area (Å²) in [6, 6.07) is 10.3. The van der Waals surface area contributed by atoms with E-state index in [9.17, 15) is 4.79 Å². The summed E-state index contributed by atoms with van der Waals surface area (Å²) in [4.78, 5) is 16.1. The van der Waals surface area contributed by atoms with E-state index in [4.69, 9.17) is 28.6 Å². The molecule has 0 unspecified atom stereocenters. The van der Waals surface area contributed by atoms with Crippen molar-refractivity contribution >= 4 is 40.5 Å². The van der Waals surface area contributed by atoms with E-state index in [2.05, 4.69) is 15.6 Å². The second kappa shape index (κ2) is 8.45. The van der Waals surface area contributed by atoms with Crippen LogP contribution in [0.25, 0.3) is 0 Å². The highest BCUT2D eigenvalue weighted by Gasteiger charge is 2.09. The molecule has 2 aromatic rings. The van der Waals surface area contributed by atoms with Crippen molar-refractivity contribution in [3.8, 4) is 5.75 Å². The number of aromatic nitrogens is 1. The van der Waals surface area contributed by atoms with Crippen molar-refractivity contribution in [2.45, 2.75) is 13.3 Å². The van der Waals surface area contributed by atoms with Gasteiger partial charge in [0.1, 0.15) is 10.9 Å². The molecule has 1 aromatic heterocycles. The summed E-state index contributed by atoms with van der Waals surface area (Å²) in [6.45, 7) is 2.63. The molecule has 2 rings (SSSR count). The topological polar surface area (TPSA) is 63.2 Å². The van der Waals surface area contributed by atoms with Crippen molar-refractivity contribution in [3.63, 3.8) is 0 Å². The number of nitrogens with one attached hydrogen (secondary N) is 2. The molecule has 0 atom stereocenters. The van der Waals surface area contributed by atoms with Gasteiger partial charge in [-0.3, -0.25) is 10.1 Å². The molecule has 0 saturated heterocycles. The van der Waals surface area contributed by atoms with E-state index in [-0.39, 0.29) is 11.0 Å². The van der Waals surface area contributed by atoms with Gasteiger partial charge < -0.3 is 10.1 Å². The number of rotatable bonds is 5. The van der Waals surface area contributed by atoms with E-state index in [0.717, 1.165) is 6.42 Å². The van der Waals surface area contributed by atoms with Crippen molar-refractivity contribution in [1.29, 1.82) is 0 Å². The molecule has 0 aliphatic heterocycles. The molecule has 5 nitrogen and oxygen atoms in total. The Morgan fingerprint density at radius 3 is 2.87 bits per heavy atom. The van der Waals surface area contributed by atoms with Gasteiger partial charge in [-0.2, -0.15) is 0 Å². The van der Waals surface area contributed by atoms with Crippen LogP contribution in [0.2, 0.25) is 5.15 Å². The number of hydrogen-bond donors (Lipinski definition) is 2. The lowest BCUT2D eigenvalue weighted by Crippen LogP contribution is -2.34. The van der Waals surface area contributed by atoms with Crippen molar-refractivity contribution in [2.24, 2.45) is 0 Å². The molecule has 0 radical (unpaired) electrons. The standard InChI is InChI=1S/C16H16ClN3O2S/c1-2-8-22-13-5-3-4-11(9-13)15(21)20-16(23)19-12-6-7-14(17)18-10-12/h3-7,9-10H,2,8H2,1H3,(H2,19,20,21,23). The Morgan fingerprint density at radius 2 is 2.17 bits per heavy atom. The van der Waals surface area contributed by atoms with Crippen LogP contribution in [0.1, 0.15) is 23.7 Å². The first-order valence-electron chi connectivity index (χ1n) is 7.05. The number of ether oxygens (including phenoxy) is 1. The zero-order valence-corrected chi connectivity index (χ0v) is 14.1. The predicted molar refractivity (Wildman–Crippen MR) is 95.2 cm³/mol. The average molecular weight is 350 g/mol. The van der Waals surface area contributed by atoms with E-state index in [1.807, 2.05) is 13.0 Å². The molecule has 23 heavy (non-hydrogen) atoms. The molecule has 1 heterocycles. The van der Waals surface area contributed by atoms with Crippen LogP contribution in [0.3, 0.4) is 0 Å². The van der Waals surface area contributed by atoms with Crippen molar-refractivity contribution < 1.29 is 9.53 Å². The average Bonchev–Trinajstić information content (AvgIpc) is 2.55. The number of nitrogens with zero attached hydrogens (tertiary/aromatic N) is 1. The molecular weight excluding hydrogens is 334 g/mol. The molecule has 120 valence electrons. The van der Waals surface area contributed by atoms with Crippen molar-refractivity contribution in [3.05, 3.63) is 53.3 Å². The summed E-state index contributed by atoms with van der Waals surface area (Å²) in [6.07, 6.45) is 2.43. The minimum atomic E-state index is -0.314. The van der Waals surface area contributed by atoms with Crippen LogP contribution in [0.4, 0.5) is 5.69 Å². The van der Waals surface area contributed by atoms with Gasteiger partial charge in [-0.1, -0.05) is 24.6 Å². The number of pyridine rings is 1. The van der Waals surface area contributed by atoms with E-state index >= 15 is 0 Å². The molecule has 0 saturated carbocycles. The molecule has 0 spiro atoms. The Balaban J connectivity index is 1.95. The zero-order valence-electron chi connectivity index (χ0n) is 12.5. The zero-order chi connectivity index (χ0) is 16.7. The van der Waals surface area contributed by atoms with Gasteiger partial charge in [0, 0.05) is 5.56 Å². The number of anilines is 1. The lowest BCUT2D eigenvalue weighted by atomic mass is 10.2. The van der Waals surface area contributed by atoms with Crippen LogP contribution in [0.15, 0.2) is 42.6 Å². The van der Waals surface area contributed by atoms with Crippen molar-refractivity contribution in [2.75, 3.05) is 11.9 Å². The van der Waals surface area contributed by atoms with Crippen LogP contribution in [-0.4, -0.2) is 22.6 Å². The van der Waals surface area contributed by atoms with Crippen LogP contribution in [-0.2, 0) is 0 Å². The fourth-order valence-corrected chi connectivity index (χ4v) is 2.06. The Labute approximate surface area is 145 Å². The second-order valence-electron chi connectivity index (χ2n) is 4.65. The molecule has 2 N–H and O–H groups in total. The fraction of sp³-hybridized carbons (Fsp3) is 0.188. The van der Waals surface area contributed by atoms with Gasteiger partial charge in [0.25, 0.3) is 5.91 Å². The van der Waals surface area contributed by atoms with Crippen LogP contribution in [0.5, 0.6) is 5.75 Å². The molecule has 7 heteroatoms.